The van der Waals surface area contributed by atoms with E-state index >= 15 is 0 Å². The van der Waals surface area contributed by atoms with E-state index in [1.54, 1.807) is 12.3 Å². The molecule has 0 aliphatic rings. The molecule has 3 nitrogen and oxygen atoms in total. The molecule has 1 aromatic heterocycles. The van der Waals surface area contributed by atoms with Crippen LogP contribution in [0.1, 0.15) is 13.3 Å². The van der Waals surface area contributed by atoms with Crippen LogP contribution in [0.5, 0.6) is 0 Å². The summed E-state index contributed by atoms with van der Waals surface area (Å²) in [5.41, 5.74) is 6.33. The maximum Gasteiger partial charge on any atom is 0.128 e. The molecule has 1 aromatic rings. The lowest BCUT2D eigenvalue weighted by atomic mass is 10.2. The average molecular weight is 177 g/mol. The summed E-state index contributed by atoms with van der Waals surface area (Å²) >= 11 is 0. The van der Waals surface area contributed by atoms with Crippen molar-refractivity contribution in [2.45, 2.75) is 19.4 Å². The van der Waals surface area contributed by atoms with Gasteiger partial charge in [-0.15, -0.1) is 6.58 Å². The monoisotopic (exact) mass is 177 g/mol. The molecule has 1 rings (SSSR count). The minimum atomic E-state index is 0.340. The van der Waals surface area contributed by atoms with Crippen LogP contribution in [0, 0.1) is 0 Å². The van der Waals surface area contributed by atoms with E-state index in [4.69, 9.17) is 5.73 Å². The number of rotatable bonds is 4. The zero-order chi connectivity index (χ0) is 9.68. The number of anilines is 2. The van der Waals surface area contributed by atoms with Gasteiger partial charge in [-0.1, -0.05) is 6.08 Å². The van der Waals surface area contributed by atoms with Crippen LogP contribution in [0.25, 0.3) is 0 Å². The van der Waals surface area contributed by atoms with E-state index in [0.717, 1.165) is 17.9 Å². The van der Waals surface area contributed by atoms with Crippen LogP contribution in [0.3, 0.4) is 0 Å². The van der Waals surface area contributed by atoms with Crippen molar-refractivity contribution < 1.29 is 0 Å². The van der Waals surface area contributed by atoms with Crippen molar-refractivity contribution >= 4 is 11.5 Å². The highest BCUT2D eigenvalue weighted by molar-refractivity contribution is 5.48. The summed E-state index contributed by atoms with van der Waals surface area (Å²) in [5, 5.41) is 3.22. The maximum absolute atomic E-state index is 5.61. The first-order chi connectivity index (χ1) is 6.22. The molecule has 1 unspecified atom stereocenters. The number of pyridine rings is 1. The van der Waals surface area contributed by atoms with Crippen molar-refractivity contribution in [2.75, 3.05) is 11.1 Å². The lowest BCUT2D eigenvalue weighted by Crippen LogP contribution is -2.14. The topological polar surface area (TPSA) is 50.9 Å². The summed E-state index contributed by atoms with van der Waals surface area (Å²) in [6, 6.07) is 3.93. The normalized spacial score (nSPS) is 12.1. The van der Waals surface area contributed by atoms with Gasteiger partial charge in [0.1, 0.15) is 5.82 Å². The SMILES string of the molecule is C=CCC(C)Nc1cc(N)ccn1. The molecule has 0 bridgehead atoms. The van der Waals surface area contributed by atoms with Crippen LogP contribution in [0.2, 0.25) is 0 Å². The Morgan fingerprint density at radius 3 is 3.15 bits per heavy atom. The Labute approximate surface area is 78.7 Å². The predicted octanol–water partition coefficient (Wildman–Crippen LogP) is 2.04. The fourth-order valence-electron chi connectivity index (χ4n) is 1.09. The number of nitrogens with one attached hydrogen (secondary N) is 1. The average Bonchev–Trinajstić information content (AvgIpc) is 2.04. The maximum atomic E-state index is 5.61. The molecular formula is C10H15N3. The highest BCUT2D eigenvalue weighted by Crippen LogP contribution is 2.09. The molecule has 3 N–H and O–H groups in total. The lowest BCUT2D eigenvalue weighted by Gasteiger charge is -2.12. The third kappa shape index (κ3) is 3.15. The summed E-state index contributed by atoms with van der Waals surface area (Å²) in [4.78, 5) is 4.14. The van der Waals surface area contributed by atoms with Crippen molar-refractivity contribution in [3.05, 3.63) is 31.0 Å². The fourth-order valence-corrected chi connectivity index (χ4v) is 1.09. The molecule has 0 saturated carbocycles. The molecule has 3 heteroatoms. The minimum absolute atomic E-state index is 0.340. The van der Waals surface area contributed by atoms with Gasteiger partial charge in [0.25, 0.3) is 0 Å². The van der Waals surface area contributed by atoms with Crippen LogP contribution in [-0.2, 0) is 0 Å². The van der Waals surface area contributed by atoms with Crippen LogP contribution in [-0.4, -0.2) is 11.0 Å². The van der Waals surface area contributed by atoms with Gasteiger partial charge in [-0.05, 0) is 19.4 Å². The number of hydrogen-bond acceptors (Lipinski definition) is 3. The zero-order valence-corrected chi connectivity index (χ0v) is 7.83. The third-order valence-corrected chi connectivity index (χ3v) is 1.70. The van der Waals surface area contributed by atoms with E-state index in [9.17, 15) is 0 Å². The molecule has 0 aliphatic carbocycles. The Kier molecular flexibility index (Phi) is 3.31. The highest BCUT2D eigenvalue weighted by Gasteiger charge is 1.99. The van der Waals surface area contributed by atoms with Crippen molar-refractivity contribution in [3.63, 3.8) is 0 Å². The van der Waals surface area contributed by atoms with Crippen LogP contribution < -0.4 is 11.1 Å². The largest absolute Gasteiger partial charge is 0.399 e. The van der Waals surface area contributed by atoms with Gasteiger partial charge in [0.2, 0.25) is 0 Å². The van der Waals surface area contributed by atoms with E-state index < -0.39 is 0 Å². The van der Waals surface area contributed by atoms with E-state index in [1.807, 2.05) is 12.1 Å². The molecule has 0 saturated heterocycles. The van der Waals surface area contributed by atoms with Gasteiger partial charge >= 0.3 is 0 Å². The second-order valence-corrected chi connectivity index (χ2v) is 3.04. The number of nitrogens with zero attached hydrogens (tertiary/aromatic N) is 1. The number of nitrogen functional groups attached to an aromatic ring is 1. The van der Waals surface area contributed by atoms with Gasteiger partial charge in [0.15, 0.2) is 0 Å². The molecule has 1 atom stereocenters. The van der Waals surface area contributed by atoms with E-state index in [2.05, 4.69) is 23.8 Å². The standard InChI is InChI=1S/C10H15N3/c1-3-4-8(2)13-10-7-9(11)5-6-12-10/h3,5-8H,1,4H2,2H3,(H3,11,12,13). The first-order valence-electron chi connectivity index (χ1n) is 4.31. The Balaban J connectivity index is 2.58. The molecule has 1 heterocycles. The van der Waals surface area contributed by atoms with Gasteiger partial charge in [-0.3, -0.25) is 0 Å². The van der Waals surface area contributed by atoms with Crippen molar-refractivity contribution in [2.24, 2.45) is 0 Å². The van der Waals surface area contributed by atoms with Gasteiger partial charge in [0.05, 0.1) is 0 Å². The second kappa shape index (κ2) is 4.50. The Hall–Kier alpha value is -1.51. The van der Waals surface area contributed by atoms with Crippen LogP contribution in [0.15, 0.2) is 31.0 Å². The summed E-state index contributed by atoms with van der Waals surface area (Å²) in [6.07, 6.45) is 4.48. The van der Waals surface area contributed by atoms with Gasteiger partial charge in [-0.2, -0.15) is 0 Å². The summed E-state index contributed by atoms with van der Waals surface area (Å²) in [5.74, 6) is 0.814. The molecule has 0 aromatic carbocycles. The third-order valence-electron chi connectivity index (χ3n) is 1.70. The van der Waals surface area contributed by atoms with Crippen LogP contribution >= 0.6 is 0 Å². The molecule has 0 radical (unpaired) electrons. The van der Waals surface area contributed by atoms with Crippen molar-refractivity contribution in [1.82, 2.24) is 4.98 Å². The number of nitrogens with two attached hydrogens (primary N) is 1. The summed E-state index contributed by atoms with van der Waals surface area (Å²) < 4.78 is 0. The predicted molar refractivity (Wildman–Crippen MR) is 56.5 cm³/mol. The Morgan fingerprint density at radius 2 is 2.54 bits per heavy atom. The molecule has 0 aliphatic heterocycles. The molecule has 0 spiro atoms. The van der Waals surface area contributed by atoms with Crippen molar-refractivity contribution in [1.29, 1.82) is 0 Å². The molecule has 0 amide bonds. The highest BCUT2D eigenvalue weighted by atomic mass is 15.0. The second-order valence-electron chi connectivity index (χ2n) is 3.04. The van der Waals surface area contributed by atoms with Gasteiger partial charge in [-0.25, -0.2) is 4.98 Å². The Morgan fingerprint density at radius 1 is 1.77 bits per heavy atom. The smallest absolute Gasteiger partial charge is 0.128 e. The number of hydrogen-bond donors (Lipinski definition) is 2. The van der Waals surface area contributed by atoms with E-state index in [1.165, 1.54) is 0 Å². The quantitative estimate of drug-likeness (QED) is 0.692. The zero-order valence-electron chi connectivity index (χ0n) is 7.83. The summed E-state index contributed by atoms with van der Waals surface area (Å²) in [6.45, 7) is 5.75. The van der Waals surface area contributed by atoms with Gasteiger partial charge in [0, 0.05) is 24.0 Å². The first-order valence-corrected chi connectivity index (χ1v) is 4.31. The van der Waals surface area contributed by atoms with E-state index in [0.29, 0.717) is 6.04 Å². The molecular weight excluding hydrogens is 162 g/mol. The Bertz CT molecular complexity index is 283. The lowest BCUT2D eigenvalue weighted by molar-refractivity contribution is 0.808. The first kappa shape index (κ1) is 9.58. The van der Waals surface area contributed by atoms with Crippen molar-refractivity contribution in [3.8, 4) is 0 Å². The molecule has 0 fully saturated rings. The molecule has 70 valence electrons. The van der Waals surface area contributed by atoms with Crippen LogP contribution in [0.4, 0.5) is 11.5 Å². The fraction of sp³-hybridized carbons (Fsp3) is 0.300. The molecule has 13 heavy (non-hydrogen) atoms. The van der Waals surface area contributed by atoms with E-state index in [-0.39, 0.29) is 0 Å². The number of aromatic nitrogens is 1. The summed E-state index contributed by atoms with van der Waals surface area (Å²) in [7, 11) is 0. The van der Waals surface area contributed by atoms with Gasteiger partial charge < -0.3 is 11.1 Å². The minimum Gasteiger partial charge on any atom is -0.399 e.